The molecule has 0 radical (unpaired) electrons. The molecule has 0 bridgehead atoms. The highest BCUT2D eigenvalue weighted by Crippen LogP contribution is 2.24. The number of hydrogen-bond donors (Lipinski definition) is 1. The Labute approximate surface area is 116 Å². The highest BCUT2D eigenvalue weighted by Gasteiger charge is 2.13. The average molecular weight is 286 g/mol. The van der Waals surface area contributed by atoms with Crippen LogP contribution in [0.4, 0.5) is 15.8 Å². The molecule has 0 aliphatic heterocycles. The highest BCUT2D eigenvalue weighted by atomic mass is 32.2. The molecule has 0 fully saturated rings. The molecule has 0 aromatic heterocycles. The van der Waals surface area contributed by atoms with Crippen molar-refractivity contribution in [1.29, 1.82) is 0 Å². The number of halogens is 1. The standard InChI is InChI=1S/C13H19FN2O2S/c1-19-9-5-3-2-4-8-15-12-10-11(14)6-7-13(12)16(17)18/h6-7,10,15H,2-5,8-9H2,1H3. The van der Waals surface area contributed by atoms with Gasteiger partial charge < -0.3 is 5.32 Å². The van der Waals surface area contributed by atoms with Crippen LogP contribution in [-0.4, -0.2) is 23.5 Å². The topological polar surface area (TPSA) is 55.2 Å². The number of rotatable bonds is 9. The van der Waals surface area contributed by atoms with Crippen LogP contribution in [-0.2, 0) is 0 Å². The number of benzene rings is 1. The van der Waals surface area contributed by atoms with Gasteiger partial charge in [-0.2, -0.15) is 11.8 Å². The van der Waals surface area contributed by atoms with Gasteiger partial charge in [-0.25, -0.2) is 4.39 Å². The first kappa shape index (κ1) is 15.8. The fraction of sp³-hybridized carbons (Fsp3) is 0.538. The van der Waals surface area contributed by atoms with Crippen molar-refractivity contribution >= 4 is 23.1 Å². The normalized spacial score (nSPS) is 10.4. The van der Waals surface area contributed by atoms with Crippen molar-refractivity contribution < 1.29 is 9.31 Å². The monoisotopic (exact) mass is 286 g/mol. The van der Waals surface area contributed by atoms with Crippen LogP contribution in [0.1, 0.15) is 25.7 Å². The number of hydrogen-bond acceptors (Lipinski definition) is 4. The lowest BCUT2D eigenvalue weighted by atomic mass is 10.2. The second kappa shape index (κ2) is 8.74. The number of nitrogens with one attached hydrogen (secondary N) is 1. The second-order valence-corrected chi connectivity index (χ2v) is 5.24. The van der Waals surface area contributed by atoms with Gasteiger partial charge in [0.2, 0.25) is 0 Å². The zero-order valence-corrected chi connectivity index (χ0v) is 11.8. The summed E-state index contributed by atoms with van der Waals surface area (Å²) < 4.78 is 13.1. The molecule has 0 saturated carbocycles. The number of anilines is 1. The predicted molar refractivity (Wildman–Crippen MR) is 78.4 cm³/mol. The Hall–Kier alpha value is -1.30. The van der Waals surface area contributed by atoms with Crippen molar-refractivity contribution in [1.82, 2.24) is 0 Å². The van der Waals surface area contributed by atoms with Gasteiger partial charge in [0.25, 0.3) is 5.69 Å². The van der Waals surface area contributed by atoms with E-state index in [0.29, 0.717) is 6.54 Å². The molecule has 0 heterocycles. The lowest BCUT2D eigenvalue weighted by molar-refractivity contribution is -0.384. The smallest absolute Gasteiger partial charge is 0.292 e. The van der Waals surface area contributed by atoms with E-state index < -0.39 is 10.7 Å². The first-order valence-electron chi connectivity index (χ1n) is 6.32. The van der Waals surface area contributed by atoms with Gasteiger partial charge in [-0.05, 0) is 30.9 Å². The number of nitrogens with zero attached hydrogens (tertiary/aromatic N) is 1. The van der Waals surface area contributed by atoms with Crippen LogP contribution in [0.25, 0.3) is 0 Å². The van der Waals surface area contributed by atoms with Crippen LogP contribution in [0.2, 0.25) is 0 Å². The molecule has 0 spiro atoms. The van der Waals surface area contributed by atoms with E-state index in [2.05, 4.69) is 11.6 Å². The van der Waals surface area contributed by atoms with E-state index >= 15 is 0 Å². The van der Waals surface area contributed by atoms with Gasteiger partial charge >= 0.3 is 0 Å². The molecule has 0 atom stereocenters. The number of thioether (sulfide) groups is 1. The molecular formula is C13H19FN2O2S. The van der Waals surface area contributed by atoms with E-state index in [-0.39, 0.29) is 11.4 Å². The van der Waals surface area contributed by atoms with Crippen LogP contribution in [0.3, 0.4) is 0 Å². The Balaban J connectivity index is 2.36. The van der Waals surface area contributed by atoms with E-state index in [1.807, 2.05) is 11.8 Å². The maximum absolute atomic E-state index is 13.1. The Kier molecular flexibility index (Phi) is 7.25. The van der Waals surface area contributed by atoms with Gasteiger partial charge in [-0.3, -0.25) is 10.1 Å². The maximum Gasteiger partial charge on any atom is 0.292 e. The van der Waals surface area contributed by atoms with Crippen molar-refractivity contribution in [3.63, 3.8) is 0 Å². The lowest BCUT2D eigenvalue weighted by Crippen LogP contribution is -2.04. The summed E-state index contributed by atoms with van der Waals surface area (Å²) in [5, 5.41) is 13.7. The first-order valence-corrected chi connectivity index (χ1v) is 7.71. The third kappa shape index (κ3) is 5.92. The minimum atomic E-state index is -0.500. The molecular weight excluding hydrogens is 267 g/mol. The summed E-state index contributed by atoms with van der Waals surface area (Å²) in [7, 11) is 0. The number of nitro groups is 1. The second-order valence-electron chi connectivity index (χ2n) is 4.25. The Morgan fingerprint density at radius 1 is 1.32 bits per heavy atom. The molecule has 1 N–H and O–H groups in total. The lowest BCUT2D eigenvalue weighted by Gasteiger charge is -2.07. The molecule has 19 heavy (non-hydrogen) atoms. The summed E-state index contributed by atoms with van der Waals surface area (Å²) in [6, 6.07) is 3.47. The SMILES string of the molecule is CSCCCCCCNc1cc(F)ccc1[N+](=O)[O-]. The molecule has 4 nitrogen and oxygen atoms in total. The molecule has 106 valence electrons. The van der Waals surface area contributed by atoms with Gasteiger partial charge in [0.1, 0.15) is 11.5 Å². The quantitative estimate of drug-likeness (QED) is 0.422. The third-order valence-corrected chi connectivity index (χ3v) is 3.44. The average Bonchev–Trinajstić information content (AvgIpc) is 2.37. The van der Waals surface area contributed by atoms with Crippen LogP contribution in [0, 0.1) is 15.9 Å². The summed E-state index contributed by atoms with van der Waals surface area (Å²) in [5.74, 6) is 0.705. The largest absolute Gasteiger partial charge is 0.379 e. The molecule has 0 aliphatic rings. The van der Waals surface area contributed by atoms with Crippen LogP contribution in [0.5, 0.6) is 0 Å². The third-order valence-electron chi connectivity index (χ3n) is 2.75. The molecule has 0 saturated heterocycles. The van der Waals surface area contributed by atoms with Crippen molar-refractivity contribution in [3.8, 4) is 0 Å². The van der Waals surface area contributed by atoms with Gasteiger partial charge in [0.15, 0.2) is 0 Å². The molecule has 6 heteroatoms. The maximum atomic E-state index is 13.1. The van der Waals surface area contributed by atoms with Crippen LogP contribution >= 0.6 is 11.8 Å². The summed E-state index contributed by atoms with van der Waals surface area (Å²) in [6.07, 6.45) is 6.46. The zero-order valence-electron chi connectivity index (χ0n) is 11.0. The van der Waals surface area contributed by atoms with Crippen LogP contribution in [0.15, 0.2) is 18.2 Å². The summed E-state index contributed by atoms with van der Waals surface area (Å²) >= 11 is 1.84. The van der Waals surface area contributed by atoms with Crippen molar-refractivity contribution in [2.75, 3.05) is 23.9 Å². The Bertz CT molecular complexity index is 416. The molecule has 0 unspecified atom stereocenters. The molecule has 1 rings (SSSR count). The molecule has 1 aromatic carbocycles. The van der Waals surface area contributed by atoms with E-state index in [9.17, 15) is 14.5 Å². The van der Waals surface area contributed by atoms with Gasteiger partial charge in [0, 0.05) is 18.7 Å². The summed E-state index contributed by atoms with van der Waals surface area (Å²) in [6.45, 7) is 0.629. The van der Waals surface area contributed by atoms with E-state index in [0.717, 1.165) is 25.3 Å². The minimum Gasteiger partial charge on any atom is -0.379 e. The minimum absolute atomic E-state index is 0.0798. The van der Waals surface area contributed by atoms with Crippen molar-refractivity contribution in [2.45, 2.75) is 25.7 Å². The van der Waals surface area contributed by atoms with Gasteiger partial charge in [-0.1, -0.05) is 12.8 Å². The zero-order chi connectivity index (χ0) is 14.1. The van der Waals surface area contributed by atoms with Crippen molar-refractivity contribution in [3.05, 3.63) is 34.1 Å². The number of unbranched alkanes of at least 4 members (excludes halogenated alkanes) is 3. The first-order chi connectivity index (χ1) is 9.15. The van der Waals surface area contributed by atoms with Crippen molar-refractivity contribution in [2.24, 2.45) is 0 Å². The predicted octanol–water partition coefficient (Wildman–Crippen LogP) is 4.07. The summed E-state index contributed by atoms with van der Waals surface area (Å²) in [5.41, 5.74) is 0.179. The van der Waals surface area contributed by atoms with Crippen LogP contribution < -0.4 is 5.32 Å². The fourth-order valence-electron chi connectivity index (χ4n) is 1.76. The molecule has 0 amide bonds. The number of nitro benzene ring substituents is 1. The molecule has 0 aliphatic carbocycles. The fourth-order valence-corrected chi connectivity index (χ4v) is 2.25. The molecule has 1 aromatic rings. The highest BCUT2D eigenvalue weighted by molar-refractivity contribution is 7.98. The Morgan fingerprint density at radius 2 is 2.05 bits per heavy atom. The van der Waals surface area contributed by atoms with E-state index in [1.54, 1.807) is 0 Å². The summed E-state index contributed by atoms with van der Waals surface area (Å²) in [4.78, 5) is 10.3. The van der Waals surface area contributed by atoms with E-state index in [1.165, 1.54) is 24.3 Å². The van der Waals surface area contributed by atoms with E-state index in [4.69, 9.17) is 0 Å². The Morgan fingerprint density at radius 3 is 2.74 bits per heavy atom. The van der Waals surface area contributed by atoms with Gasteiger partial charge in [-0.15, -0.1) is 0 Å². The van der Waals surface area contributed by atoms with Gasteiger partial charge in [0.05, 0.1) is 4.92 Å².